The van der Waals surface area contributed by atoms with Gasteiger partial charge in [0.05, 0.1) is 13.0 Å². The van der Waals surface area contributed by atoms with Gasteiger partial charge in [-0.25, -0.2) is 4.98 Å². The molecule has 1 amide bonds. The fraction of sp³-hybridized carbons (Fsp3) is 0.273. The van der Waals surface area contributed by atoms with Gasteiger partial charge in [-0.1, -0.05) is 0 Å². The minimum Gasteiger partial charge on any atom is -0.441 e. The van der Waals surface area contributed by atoms with Crippen LogP contribution in [-0.4, -0.2) is 22.6 Å². The van der Waals surface area contributed by atoms with Gasteiger partial charge < -0.3 is 14.8 Å². The zero-order valence-electron chi connectivity index (χ0n) is 8.86. The molecule has 0 fully saturated rings. The lowest BCUT2D eigenvalue weighted by Crippen LogP contribution is -2.12. The highest BCUT2D eigenvalue weighted by atomic mass is 16.3. The Morgan fingerprint density at radius 2 is 2.38 bits per heavy atom. The zero-order valence-corrected chi connectivity index (χ0v) is 8.86. The van der Waals surface area contributed by atoms with Crippen LogP contribution in [-0.2, 0) is 4.79 Å². The molecule has 0 atom stereocenters. The summed E-state index contributed by atoms with van der Waals surface area (Å²) < 4.78 is 5.34. The van der Waals surface area contributed by atoms with Gasteiger partial charge in [-0.05, 0) is 12.1 Å². The molecule has 0 bridgehead atoms. The fourth-order valence-corrected chi connectivity index (χ4v) is 1.44. The van der Waals surface area contributed by atoms with Crippen molar-refractivity contribution in [2.75, 3.05) is 11.9 Å². The third kappa shape index (κ3) is 2.20. The van der Waals surface area contributed by atoms with Crippen LogP contribution in [0.5, 0.6) is 0 Å². The first kappa shape index (κ1) is 10.6. The average Bonchev–Trinajstić information content (AvgIpc) is 2.57. The number of anilines is 1. The molecule has 0 saturated heterocycles. The van der Waals surface area contributed by atoms with Crippen molar-refractivity contribution in [3.8, 4) is 0 Å². The van der Waals surface area contributed by atoms with Crippen molar-refractivity contribution >= 4 is 22.7 Å². The van der Waals surface area contributed by atoms with Gasteiger partial charge in [-0.15, -0.1) is 0 Å². The molecule has 2 aromatic rings. The van der Waals surface area contributed by atoms with Crippen LogP contribution >= 0.6 is 0 Å². The molecule has 1 heterocycles. The van der Waals surface area contributed by atoms with Gasteiger partial charge in [0.1, 0.15) is 5.52 Å². The maximum Gasteiger partial charge on any atom is 0.226 e. The summed E-state index contributed by atoms with van der Waals surface area (Å²) in [5, 5.41) is 11.3. The van der Waals surface area contributed by atoms with Gasteiger partial charge in [0.2, 0.25) is 5.91 Å². The number of rotatable bonds is 3. The lowest BCUT2D eigenvalue weighted by molar-refractivity contribution is -0.116. The molecule has 5 nitrogen and oxygen atoms in total. The molecular formula is C11H12N2O3. The Labute approximate surface area is 92.1 Å². The first-order chi connectivity index (χ1) is 7.69. The molecule has 0 aliphatic carbocycles. The molecular weight excluding hydrogens is 208 g/mol. The smallest absolute Gasteiger partial charge is 0.226 e. The molecule has 2 N–H and O–H groups in total. The van der Waals surface area contributed by atoms with Gasteiger partial charge >= 0.3 is 0 Å². The van der Waals surface area contributed by atoms with Gasteiger partial charge in [-0.2, -0.15) is 0 Å². The van der Waals surface area contributed by atoms with Crippen LogP contribution in [0.4, 0.5) is 5.69 Å². The monoisotopic (exact) mass is 220 g/mol. The largest absolute Gasteiger partial charge is 0.441 e. The van der Waals surface area contributed by atoms with Crippen molar-refractivity contribution in [1.82, 2.24) is 4.98 Å². The predicted octanol–water partition coefficient (Wildman–Crippen LogP) is 1.46. The number of hydrogen-bond acceptors (Lipinski definition) is 4. The third-order valence-electron chi connectivity index (χ3n) is 2.12. The summed E-state index contributed by atoms with van der Waals surface area (Å²) in [6.07, 6.45) is 0.0907. The minimum atomic E-state index is -0.224. The maximum atomic E-state index is 11.2. The lowest BCUT2D eigenvalue weighted by atomic mass is 10.3. The first-order valence-corrected chi connectivity index (χ1v) is 4.97. The SMILES string of the molecule is Cc1nc2ccc(NC(=O)CCO)cc2o1. The first-order valence-electron chi connectivity index (χ1n) is 4.97. The molecule has 0 unspecified atom stereocenters. The predicted molar refractivity (Wildman–Crippen MR) is 59.1 cm³/mol. The number of aliphatic hydroxyl groups excluding tert-OH is 1. The summed E-state index contributed by atoms with van der Waals surface area (Å²) in [7, 11) is 0. The van der Waals surface area contributed by atoms with Gasteiger partial charge in [-0.3, -0.25) is 4.79 Å². The van der Waals surface area contributed by atoms with Gasteiger partial charge in [0, 0.05) is 18.7 Å². The summed E-state index contributed by atoms with van der Waals surface area (Å²) in [5.41, 5.74) is 2.04. The van der Waals surface area contributed by atoms with E-state index in [1.807, 2.05) is 0 Å². The van der Waals surface area contributed by atoms with Gasteiger partial charge in [0.15, 0.2) is 11.5 Å². The van der Waals surface area contributed by atoms with E-state index in [0.717, 1.165) is 5.52 Å². The summed E-state index contributed by atoms with van der Waals surface area (Å²) >= 11 is 0. The second kappa shape index (κ2) is 4.32. The van der Waals surface area contributed by atoms with E-state index in [1.165, 1.54) is 0 Å². The van der Waals surface area contributed by atoms with E-state index in [0.29, 0.717) is 17.2 Å². The van der Waals surface area contributed by atoms with Crippen molar-refractivity contribution < 1.29 is 14.3 Å². The number of aliphatic hydroxyl groups is 1. The van der Waals surface area contributed by atoms with Crippen LogP contribution in [0.1, 0.15) is 12.3 Å². The third-order valence-corrected chi connectivity index (χ3v) is 2.12. The Morgan fingerprint density at radius 1 is 1.56 bits per heavy atom. The normalized spacial score (nSPS) is 10.6. The van der Waals surface area contributed by atoms with Crippen LogP contribution in [0.3, 0.4) is 0 Å². The summed E-state index contributed by atoms with van der Waals surface area (Å²) in [6, 6.07) is 5.24. The Hall–Kier alpha value is -1.88. The van der Waals surface area contributed by atoms with Crippen molar-refractivity contribution in [3.05, 3.63) is 24.1 Å². The number of oxazole rings is 1. The van der Waals surface area contributed by atoms with Crippen LogP contribution < -0.4 is 5.32 Å². The Kier molecular flexibility index (Phi) is 2.87. The number of nitrogens with one attached hydrogen (secondary N) is 1. The number of carbonyl (C=O) groups is 1. The number of hydrogen-bond donors (Lipinski definition) is 2. The Balaban J connectivity index is 2.22. The minimum absolute atomic E-state index is 0.0907. The van der Waals surface area contributed by atoms with E-state index in [-0.39, 0.29) is 18.9 Å². The standard InChI is InChI=1S/C11H12N2O3/c1-7-12-9-3-2-8(6-10(9)16-7)13-11(15)4-5-14/h2-3,6,14H,4-5H2,1H3,(H,13,15). The summed E-state index contributed by atoms with van der Waals surface area (Å²) in [4.78, 5) is 15.4. The highest BCUT2D eigenvalue weighted by Crippen LogP contribution is 2.19. The van der Waals surface area contributed by atoms with Crippen LogP contribution in [0.15, 0.2) is 22.6 Å². The molecule has 0 saturated carbocycles. The molecule has 16 heavy (non-hydrogen) atoms. The number of benzene rings is 1. The van der Waals surface area contributed by atoms with Crippen LogP contribution in [0.25, 0.3) is 11.1 Å². The summed E-state index contributed by atoms with van der Waals surface area (Å²) in [6.45, 7) is 1.61. The molecule has 0 aliphatic rings. The number of fused-ring (bicyclic) bond motifs is 1. The number of carbonyl (C=O) groups excluding carboxylic acids is 1. The molecule has 1 aromatic heterocycles. The molecule has 0 aliphatic heterocycles. The number of aromatic nitrogens is 1. The van der Waals surface area contributed by atoms with E-state index in [4.69, 9.17) is 9.52 Å². The molecule has 2 rings (SSSR count). The number of nitrogens with zero attached hydrogens (tertiary/aromatic N) is 1. The lowest BCUT2D eigenvalue weighted by Gasteiger charge is -2.02. The molecule has 0 radical (unpaired) electrons. The highest BCUT2D eigenvalue weighted by molar-refractivity contribution is 5.92. The van der Waals surface area contributed by atoms with Crippen LogP contribution in [0.2, 0.25) is 0 Å². The Bertz CT molecular complexity index is 519. The maximum absolute atomic E-state index is 11.2. The fourth-order valence-electron chi connectivity index (χ4n) is 1.44. The average molecular weight is 220 g/mol. The van der Waals surface area contributed by atoms with E-state index < -0.39 is 0 Å². The highest BCUT2D eigenvalue weighted by Gasteiger charge is 2.05. The van der Waals surface area contributed by atoms with E-state index in [2.05, 4.69) is 10.3 Å². The van der Waals surface area contributed by atoms with E-state index in [1.54, 1.807) is 25.1 Å². The molecule has 84 valence electrons. The zero-order chi connectivity index (χ0) is 11.5. The second-order valence-corrected chi connectivity index (χ2v) is 3.44. The van der Waals surface area contributed by atoms with Crippen molar-refractivity contribution in [1.29, 1.82) is 0 Å². The molecule has 5 heteroatoms. The topological polar surface area (TPSA) is 75.4 Å². The Morgan fingerprint density at radius 3 is 3.12 bits per heavy atom. The van der Waals surface area contributed by atoms with Crippen molar-refractivity contribution in [2.45, 2.75) is 13.3 Å². The molecule has 1 aromatic carbocycles. The second-order valence-electron chi connectivity index (χ2n) is 3.44. The van der Waals surface area contributed by atoms with Gasteiger partial charge in [0.25, 0.3) is 0 Å². The number of aryl methyl sites for hydroxylation is 1. The van der Waals surface area contributed by atoms with Crippen LogP contribution in [0, 0.1) is 6.92 Å². The molecule has 0 spiro atoms. The number of amides is 1. The van der Waals surface area contributed by atoms with E-state index in [9.17, 15) is 4.79 Å². The van der Waals surface area contributed by atoms with E-state index >= 15 is 0 Å². The summed E-state index contributed by atoms with van der Waals surface area (Å²) in [5.74, 6) is 0.368. The van der Waals surface area contributed by atoms with Crippen molar-refractivity contribution in [3.63, 3.8) is 0 Å². The quantitative estimate of drug-likeness (QED) is 0.821. The van der Waals surface area contributed by atoms with Crippen molar-refractivity contribution in [2.24, 2.45) is 0 Å².